The number of aliphatic hydroxyl groups excluding tert-OH is 1. The van der Waals surface area contributed by atoms with Crippen molar-refractivity contribution < 1.29 is 5.11 Å². The molecule has 0 unspecified atom stereocenters. The predicted octanol–water partition coefficient (Wildman–Crippen LogP) is 1.95. The Hall–Kier alpha value is -0.350. The van der Waals surface area contributed by atoms with E-state index in [0.717, 1.165) is 23.5 Å². The Bertz CT molecular complexity index is 296. The highest BCUT2D eigenvalue weighted by molar-refractivity contribution is 9.09. The molecule has 0 aliphatic heterocycles. The topological polar surface area (TPSA) is 38.0 Å². The van der Waals surface area contributed by atoms with Gasteiger partial charge in [-0.3, -0.25) is 4.68 Å². The van der Waals surface area contributed by atoms with Crippen LogP contribution in [0.3, 0.4) is 0 Å². The molecule has 4 heteroatoms. The minimum absolute atomic E-state index is 0.444. The predicted molar refractivity (Wildman–Crippen MR) is 56.1 cm³/mol. The van der Waals surface area contributed by atoms with E-state index < -0.39 is 6.10 Å². The fourth-order valence-electron chi connectivity index (χ4n) is 1.58. The van der Waals surface area contributed by atoms with Crippen molar-refractivity contribution in [1.82, 2.24) is 9.78 Å². The summed E-state index contributed by atoms with van der Waals surface area (Å²) in [4.78, 5) is 0. The van der Waals surface area contributed by atoms with E-state index in [-0.39, 0.29) is 0 Å². The first-order valence-electron chi connectivity index (χ1n) is 4.39. The van der Waals surface area contributed by atoms with Gasteiger partial charge in [-0.05, 0) is 20.8 Å². The monoisotopic (exact) mass is 246 g/mol. The van der Waals surface area contributed by atoms with E-state index >= 15 is 0 Å². The molecule has 13 heavy (non-hydrogen) atoms. The van der Waals surface area contributed by atoms with Crippen molar-refractivity contribution in [1.29, 1.82) is 0 Å². The summed E-state index contributed by atoms with van der Waals surface area (Å²) in [7, 11) is 0. The number of aliphatic hydroxyl groups is 1. The van der Waals surface area contributed by atoms with Gasteiger partial charge in [0.2, 0.25) is 0 Å². The van der Waals surface area contributed by atoms with E-state index in [9.17, 15) is 5.11 Å². The molecular weight excluding hydrogens is 232 g/mol. The molecule has 1 aromatic rings. The summed E-state index contributed by atoms with van der Waals surface area (Å²) in [5.74, 6) is 0. The van der Waals surface area contributed by atoms with Gasteiger partial charge in [0.25, 0.3) is 0 Å². The second kappa shape index (κ2) is 4.24. The van der Waals surface area contributed by atoms with Crippen LogP contribution in [0, 0.1) is 13.8 Å². The summed E-state index contributed by atoms with van der Waals surface area (Å²) in [6.07, 6.45) is -0.444. The van der Waals surface area contributed by atoms with Gasteiger partial charge in [-0.25, -0.2) is 0 Å². The highest BCUT2D eigenvalue weighted by Gasteiger charge is 2.16. The van der Waals surface area contributed by atoms with E-state index in [1.54, 1.807) is 0 Å². The number of hydrogen-bond acceptors (Lipinski definition) is 2. The van der Waals surface area contributed by atoms with Crippen LogP contribution in [0.1, 0.15) is 30.0 Å². The van der Waals surface area contributed by atoms with Gasteiger partial charge in [-0.1, -0.05) is 15.9 Å². The quantitative estimate of drug-likeness (QED) is 0.829. The first-order chi connectivity index (χ1) is 6.11. The minimum atomic E-state index is -0.444. The Morgan fingerprint density at radius 1 is 1.54 bits per heavy atom. The van der Waals surface area contributed by atoms with Gasteiger partial charge in [-0.15, -0.1) is 0 Å². The van der Waals surface area contributed by atoms with Crippen LogP contribution in [0.4, 0.5) is 0 Å². The van der Waals surface area contributed by atoms with Gasteiger partial charge in [0.15, 0.2) is 0 Å². The Labute approximate surface area is 86.9 Å². The summed E-state index contributed by atoms with van der Waals surface area (Å²) < 4.78 is 1.91. The molecule has 0 aromatic carbocycles. The molecule has 0 aliphatic rings. The zero-order valence-corrected chi connectivity index (χ0v) is 9.80. The van der Waals surface area contributed by atoms with Crippen LogP contribution < -0.4 is 0 Å². The third-order valence-corrected chi connectivity index (χ3v) is 2.83. The smallest absolute Gasteiger partial charge is 0.0922 e. The summed E-state index contributed by atoms with van der Waals surface area (Å²) in [6, 6.07) is 0. The Kier molecular flexibility index (Phi) is 3.50. The van der Waals surface area contributed by atoms with Crippen molar-refractivity contribution >= 4 is 15.9 Å². The number of aryl methyl sites for hydroxylation is 2. The Morgan fingerprint density at radius 2 is 2.15 bits per heavy atom. The van der Waals surface area contributed by atoms with Crippen molar-refractivity contribution in [3.8, 4) is 0 Å². The van der Waals surface area contributed by atoms with Crippen LogP contribution in [0.5, 0.6) is 0 Å². The molecule has 0 saturated carbocycles. The van der Waals surface area contributed by atoms with Crippen molar-refractivity contribution in [3.63, 3.8) is 0 Å². The third-order valence-electron chi connectivity index (χ3n) is 2.22. The average molecular weight is 247 g/mol. The molecular formula is C9H15BrN2O. The second-order valence-electron chi connectivity index (χ2n) is 3.07. The van der Waals surface area contributed by atoms with E-state index in [4.69, 9.17) is 0 Å². The fraction of sp³-hybridized carbons (Fsp3) is 0.667. The third kappa shape index (κ3) is 1.94. The minimum Gasteiger partial charge on any atom is -0.387 e. The van der Waals surface area contributed by atoms with Gasteiger partial charge >= 0.3 is 0 Å². The summed E-state index contributed by atoms with van der Waals surface area (Å²) >= 11 is 3.26. The largest absolute Gasteiger partial charge is 0.387 e. The van der Waals surface area contributed by atoms with Crippen LogP contribution in [0.25, 0.3) is 0 Å². The molecule has 0 aliphatic carbocycles. The molecule has 0 saturated heterocycles. The van der Waals surface area contributed by atoms with Crippen LogP contribution in [0.15, 0.2) is 0 Å². The number of hydrogen-bond donors (Lipinski definition) is 1. The van der Waals surface area contributed by atoms with Gasteiger partial charge in [-0.2, -0.15) is 5.10 Å². The van der Waals surface area contributed by atoms with E-state index in [1.165, 1.54) is 0 Å². The van der Waals surface area contributed by atoms with Crippen molar-refractivity contribution in [2.45, 2.75) is 33.4 Å². The molecule has 0 fully saturated rings. The van der Waals surface area contributed by atoms with Crippen molar-refractivity contribution in [2.24, 2.45) is 0 Å². The lowest BCUT2D eigenvalue weighted by Gasteiger charge is -2.07. The van der Waals surface area contributed by atoms with E-state index in [0.29, 0.717) is 5.33 Å². The Morgan fingerprint density at radius 3 is 2.54 bits per heavy atom. The number of aromatic nitrogens is 2. The van der Waals surface area contributed by atoms with Gasteiger partial charge in [0.1, 0.15) is 0 Å². The lowest BCUT2D eigenvalue weighted by atomic mass is 10.1. The van der Waals surface area contributed by atoms with Crippen molar-refractivity contribution in [3.05, 3.63) is 17.0 Å². The molecule has 0 radical (unpaired) electrons. The molecule has 0 spiro atoms. The van der Waals surface area contributed by atoms with Gasteiger partial charge < -0.3 is 5.11 Å². The SMILES string of the molecule is CCn1nc(C)c([C@H](O)CBr)c1C. The summed E-state index contributed by atoms with van der Waals surface area (Å²) in [6.45, 7) is 6.82. The maximum Gasteiger partial charge on any atom is 0.0922 e. The number of alkyl halides is 1. The number of nitrogens with zero attached hydrogens (tertiary/aromatic N) is 2. The van der Waals surface area contributed by atoms with Gasteiger partial charge in [0, 0.05) is 23.1 Å². The Balaban J connectivity index is 3.12. The molecule has 3 nitrogen and oxygen atoms in total. The maximum atomic E-state index is 9.70. The van der Waals surface area contributed by atoms with E-state index in [2.05, 4.69) is 21.0 Å². The number of rotatable bonds is 3. The normalized spacial score (nSPS) is 13.3. The summed E-state index contributed by atoms with van der Waals surface area (Å²) in [5, 5.41) is 14.6. The lowest BCUT2D eigenvalue weighted by Crippen LogP contribution is -2.03. The lowest BCUT2D eigenvalue weighted by molar-refractivity contribution is 0.204. The number of halogens is 1. The first kappa shape index (κ1) is 10.7. The molecule has 1 N–H and O–H groups in total. The molecule has 1 heterocycles. The molecule has 0 amide bonds. The second-order valence-corrected chi connectivity index (χ2v) is 3.72. The molecule has 74 valence electrons. The highest BCUT2D eigenvalue weighted by atomic mass is 79.9. The zero-order chi connectivity index (χ0) is 10.0. The van der Waals surface area contributed by atoms with Gasteiger partial charge in [0.05, 0.1) is 11.8 Å². The van der Waals surface area contributed by atoms with Crippen LogP contribution in [0.2, 0.25) is 0 Å². The van der Waals surface area contributed by atoms with E-state index in [1.807, 2.05) is 25.5 Å². The molecule has 0 bridgehead atoms. The standard InChI is InChI=1S/C9H15BrN2O/c1-4-12-7(3)9(6(2)11-12)8(13)5-10/h8,13H,4-5H2,1-3H3/t8-/m1/s1. The molecule has 1 atom stereocenters. The zero-order valence-electron chi connectivity index (χ0n) is 8.21. The van der Waals surface area contributed by atoms with Crippen LogP contribution >= 0.6 is 15.9 Å². The van der Waals surface area contributed by atoms with Crippen molar-refractivity contribution in [2.75, 3.05) is 5.33 Å². The highest BCUT2D eigenvalue weighted by Crippen LogP contribution is 2.22. The first-order valence-corrected chi connectivity index (χ1v) is 5.51. The maximum absolute atomic E-state index is 9.70. The van der Waals surface area contributed by atoms with Crippen LogP contribution in [-0.4, -0.2) is 20.2 Å². The molecule has 1 aromatic heterocycles. The fourth-order valence-corrected chi connectivity index (χ4v) is 1.90. The van der Waals surface area contributed by atoms with Crippen LogP contribution in [-0.2, 0) is 6.54 Å². The summed E-state index contributed by atoms with van der Waals surface area (Å²) in [5.41, 5.74) is 2.94. The average Bonchev–Trinajstić information content (AvgIpc) is 2.40. The molecule has 1 rings (SSSR count).